The Morgan fingerprint density at radius 1 is 1.00 bits per heavy atom. The number of anilines is 2. The summed E-state index contributed by atoms with van der Waals surface area (Å²) in [6, 6.07) is 7.11. The number of hydrogen-bond acceptors (Lipinski definition) is 4. The zero-order chi connectivity index (χ0) is 31.9. The van der Waals surface area contributed by atoms with Gasteiger partial charge in [0.1, 0.15) is 5.82 Å². The van der Waals surface area contributed by atoms with Crippen LogP contribution in [0.1, 0.15) is 122 Å². The van der Waals surface area contributed by atoms with Gasteiger partial charge in [-0.15, -0.1) is 0 Å². The molecule has 3 fully saturated rings. The largest absolute Gasteiger partial charge is 0.481 e. The summed E-state index contributed by atoms with van der Waals surface area (Å²) in [7, 11) is 0. The van der Waals surface area contributed by atoms with E-state index in [1.165, 1.54) is 52.1 Å². The minimum Gasteiger partial charge on any atom is -0.481 e. The van der Waals surface area contributed by atoms with Crippen LogP contribution < -0.4 is 11.1 Å². The van der Waals surface area contributed by atoms with Gasteiger partial charge in [0.05, 0.1) is 11.1 Å². The normalized spacial score (nSPS) is 40.6. The number of aromatic nitrogens is 2. The Balaban J connectivity index is 1.38. The van der Waals surface area contributed by atoms with Gasteiger partial charge in [0, 0.05) is 23.2 Å². The molecule has 5 aliphatic carbocycles. The van der Waals surface area contributed by atoms with Crippen LogP contribution in [-0.4, -0.2) is 27.8 Å². The standard InChI is InChI=1S/C39H54N4O2/c1-34(2)13-15-39(33(44)45)16-14-38(7)30(26(39)21-34)24(22-8-9-27-23(18-22)11-17-41-27)19-29-36(5)20-25-31(42-43-32(25)40)35(3,4)28(36)10-12-37(29,38)6/h8-9,18,26,28-29,41H,10-17,19-21H2,1-7H3,(H,44,45)(H3,40,42,43)/t26?,28?,29?,36-,37+,38+,39-/m0/s1. The van der Waals surface area contributed by atoms with E-state index in [1.807, 2.05) is 0 Å². The van der Waals surface area contributed by atoms with Gasteiger partial charge < -0.3 is 16.2 Å². The number of aromatic amines is 1. The number of allylic oxidation sites excluding steroid dienone is 2. The molecule has 3 saturated carbocycles. The molecule has 0 radical (unpaired) electrons. The first kappa shape index (κ1) is 29.6. The van der Waals surface area contributed by atoms with Gasteiger partial charge in [0.15, 0.2) is 0 Å². The highest BCUT2D eigenvalue weighted by atomic mass is 16.4. The summed E-state index contributed by atoms with van der Waals surface area (Å²) in [6.07, 6.45) is 9.85. The summed E-state index contributed by atoms with van der Waals surface area (Å²) in [4.78, 5) is 13.4. The number of H-pyrrole nitrogens is 1. The Hall–Kier alpha value is -2.76. The molecule has 6 aliphatic rings. The number of nitrogens with one attached hydrogen (secondary N) is 2. The molecule has 8 rings (SSSR count). The van der Waals surface area contributed by atoms with Crippen molar-refractivity contribution in [3.63, 3.8) is 0 Å². The molecular formula is C39H54N4O2. The third kappa shape index (κ3) is 3.63. The first-order valence-electron chi connectivity index (χ1n) is 17.7. The van der Waals surface area contributed by atoms with E-state index in [4.69, 9.17) is 10.8 Å². The van der Waals surface area contributed by atoms with Crippen LogP contribution in [0.4, 0.5) is 11.5 Å². The van der Waals surface area contributed by atoms with Crippen molar-refractivity contribution in [1.82, 2.24) is 10.2 Å². The molecule has 242 valence electrons. The van der Waals surface area contributed by atoms with E-state index >= 15 is 0 Å². The number of fused-ring (bicyclic) bond motifs is 9. The predicted molar refractivity (Wildman–Crippen MR) is 181 cm³/mol. The van der Waals surface area contributed by atoms with Crippen LogP contribution in [0, 0.1) is 44.8 Å². The van der Waals surface area contributed by atoms with Gasteiger partial charge in [-0.1, -0.05) is 60.1 Å². The third-order valence-electron chi connectivity index (χ3n) is 15.5. The van der Waals surface area contributed by atoms with Crippen LogP contribution >= 0.6 is 0 Å². The van der Waals surface area contributed by atoms with E-state index in [-0.39, 0.29) is 33.0 Å². The molecule has 1 aromatic carbocycles. The van der Waals surface area contributed by atoms with Crippen molar-refractivity contribution in [1.29, 1.82) is 0 Å². The molecule has 2 aromatic rings. The lowest BCUT2D eigenvalue weighted by Crippen LogP contribution is -2.65. The van der Waals surface area contributed by atoms with Crippen LogP contribution in [0.5, 0.6) is 0 Å². The first-order chi connectivity index (χ1) is 21.1. The van der Waals surface area contributed by atoms with Crippen molar-refractivity contribution in [2.45, 2.75) is 118 Å². The average molecular weight is 611 g/mol. The zero-order valence-corrected chi connectivity index (χ0v) is 28.6. The average Bonchev–Trinajstić information content (AvgIpc) is 3.59. The Labute approximate surface area is 269 Å². The zero-order valence-electron chi connectivity index (χ0n) is 28.6. The summed E-state index contributed by atoms with van der Waals surface area (Å²) in [5.41, 5.74) is 15.5. The van der Waals surface area contributed by atoms with Gasteiger partial charge in [0.25, 0.3) is 0 Å². The number of carbonyl (C=O) groups is 1. The number of benzene rings is 1. The van der Waals surface area contributed by atoms with Crippen molar-refractivity contribution in [3.8, 4) is 0 Å². The lowest BCUT2D eigenvalue weighted by atomic mass is 9.33. The summed E-state index contributed by atoms with van der Waals surface area (Å²) in [5.74, 6) is 1.21. The van der Waals surface area contributed by atoms with Gasteiger partial charge in [-0.05, 0) is 132 Å². The van der Waals surface area contributed by atoms with Crippen LogP contribution in [0.15, 0.2) is 23.8 Å². The number of rotatable bonds is 2. The van der Waals surface area contributed by atoms with E-state index in [9.17, 15) is 9.90 Å². The summed E-state index contributed by atoms with van der Waals surface area (Å²) >= 11 is 0. The SMILES string of the molecule is CC1(C)CC[C@]2(C(=O)O)CC[C@]3(C)C(=C(c4ccc5c(c4)CCN5)CC4[C@@]5(C)Cc6c(n[nH]c6N)C(C)(C)C5CC[C@]43C)C2C1. The molecule has 1 aromatic heterocycles. The Morgan fingerprint density at radius 3 is 2.51 bits per heavy atom. The smallest absolute Gasteiger partial charge is 0.310 e. The minimum absolute atomic E-state index is 0.0483. The van der Waals surface area contributed by atoms with E-state index in [1.54, 1.807) is 0 Å². The Kier molecular flexibility index (Phi) is 5.91. The molecule has 2 heterocycles. The molecule has 1 aliphatic heterocycles. The molecule has 45 heavy (non-hydrogen) atoms. The van der Waals surface area contributed by atoms with Crippen LogP contribution in [0.3, 0.4) is 0 Å². The molecule has 3 unspecified atom stereocenters. The number of carboxylic acids is 1. The van der Waals surface area contributed by atoms with Crippen molar-refractivity contribution in [2.75, 3.05) is 17.6 Å². The Morgan fingerprint density at radius 2 is 1.76 bits per heavy atom. The van der Waals surface area contributed by atoms with Crippen LogP contribution in [-0.2, 0) is 23.1 Å². The quantitative estimate of drug-likeness (QED) is 0.273. The molecule has 7 atom stereocenters. The van der Waals surface area contributed by atoms with E-state index < -0.39 is 11.4 Å². The lowest BCUT2D eigenvalue weighted by molar-refractivity contribution is -0.175. The van der Waals surface area contributed by atoms with E-state index in [0.717, 1.165) is 63.7 Å². The lowest BCUT2D eigenvalue weighted by Gasteiger charge is -2.71. The van der Waals surface area contributed by atoms with Gasteiger partial charge in [0.2, 0.25) is 0 Å². The summed E-state index contributed by atoms with van der Waals surface area (Å²) in [5, 5.41) is 22.6. The molecular weight excluding hydrogens is 556 g/mol. The van der Waals surface area contributed by atoms with Crippen molar-refractivity contribution < 1.29 is 9.90 Å². The molecule has 0 spiro atoms. The van der Waals surface area contributed by atoms with Crippen LogP contribution in [0.2, 0.25) is 0 Å². The number of nitrogens with zero attached hydrogens (tertiary/aromatic N) is 1. The van der Waals surface area contributed by atoms with Crippen molar-refractivity contribution >= 4 is 23.0 Å². The summed E-state index contributed by atoms with van der Waals surface area (Å²) < 4.78 is 0. The highest BCUT2D eigenvalue weighted by Crippen LogP contribution is 2.77. The van der Waals surface area contributed by atoms with Crippen molar-refractivity contribution in [2.24, 2.45) is 44.8 Å². The van der Waals surface area contributed by atoms with Gasteiger partial charge in [-0.3, -0.25) is 9.89 Å². The monoisotopic (exact) mass is 610 g/mol. The highest BCUT2D eigenvalue weighted by Gasteiger charge is 2.70. The van der Waals surface area contributed by atoms with E-state index in [2.05, 4.69) is 77.1 Å². The maximum absolute atomic E-state index is 13.4. The maximum atomic E-state index is 13.4. The molecule has 6 nitrogen and oxygen atoms in total. The topological polar surface area (TPSA) is 104 Å². The fourth-order valence-corrected chi connectivity index (χ4v) is 12.9. The highest BCUT2D eigenvalue weighted by molar-refractivity contribution is 5.81. The summed E-state index contributed by atoms with van der Waals surface area (Å²) in [6.45, 7) is 18.3. The molecule has 6 heteroatoms. The molecule has 0 bridgehead atoms. The molecule has 0 saturated heterocycles. The Bertz CT molecular complexity index is 1650. The second-order valence-electron chi connectivity index (χ2n) is 18.3. The number of nitrogen functional groups attached to an aromatic ring is 1. The molecule has 5 N–H and O–H groups in total. The number of carboxylic acid groups (broad SMARTS) is 1. The molecule has 0 amide bonds. The first-order valence-corrected chi connectivity index (χ1v) is 17.7. The second kappa shape index (κ2) is 8.98. The van der Waals surface area contributed by atoms with Gasteiger partial charge in [-0.2, -0.15) is 5.10 Å². The second-order valence-corrected chi connectivity index (χ2v) is 18.3. The third-order valence-corrected chi connectivity index (χ3v) is 15.5. The van der Waals surface area contributed by atoms with Crippen LogP contribution in [0.25, 0.3) is 5.57 Å². The number of aliphatic carboxylic acids is 1. The predicted octanol–water partition coefficient (Wildman–Crippen LogP) is 8.39. The fourth-order valence-electron chi connectivity index (χ4n) is 12.9. The minimum atomic E-state index is -0.662. The van der Waals surface area contributed by atoms with E-state index in [0.29, 0.717) is 11.8 Å². The number of hydrogen-bond donors (Lipinski definition) is 4. The van der Waals surface area contributed by atoms with Gasteiger partial charge in [-0.25, -0.2) is 0 Å². The van der Waals surface area contributed by atoms with Gasteiger partial charge >= 0.3 is 5.97 Å². The fraction of sp³-hybridized carbons (Fsp3) is 0.692. The maximum Gasteiger partial charge on any atom is 0.310 e. The number of nitrogens with two attached hydrogens (primary N) is 1. The van der Waals surface area contributed by atoms with Crippen molar-refractivity contribution in [3.05, 3.63) is 46.2 Å².